The van der Waals surface area contributed by atoms with E-state index in [0.717, 1.165) is 81.9 Å². The quantitative estimate of drug-likeness (QED) is 0.125. The summed E-state index contributed by atoms with van der Waals surface area (Å²) in [6, 6.07) is 17.7. The molecule has 6 rings (SSSR count). The number of nitrogens with zero attached hydrogens (tertiary/aromatic N) is 2. The molecule has 42 heavy (non-hydrogen) atoms. The van der Waals surface area contributed by atoms with Crippen LogP contribution in [0.5, 0.6) is 0 Å². The van der Waals surface area contributed by atoms with E-state index in [1.54, 1.807) is 6.07 Å². The maximum absolute atomic E-state index is 13.8. The second-order valence-corrected chi connectivity index (χ2v) is 12.7. The molecular weight excluding hydrogens is 545 g/mol. The lowest BCUT2D eigenvalue weighted by atomic mass is 9.97. The summed E-state index contributed by atoms with van der Waals surface area (Å²) in [4.78, 5) is 30.3. The number of anilines is 1. The molecule has 1 fully saturated rings. The minimum atomic E-state index is -0.203. The normalized spacial score (nSPS) is 13.4. The monoisotopic (exact) mass is 581 g/mol. The number of aromatic nitrogens is 2. The lowest BCUT2D eigenvalue weighted by molar-refractivity contribution is -0.117. The molecule has 1 N–H and O–H groups in total. The molecule has 0 unspecified atom stereocenters. The third-order valence-corrected chi connectivity index (χ3v) is 9.17. The number of fused-ring (bicyclic) bond motifs is 2. The molecule has 2 heterocycles. The zero-order valence-electron chi connectivity index (χ0n) is 24.4. The van der Waals surface area contributed by atoms with E-state index in [0.29, 0.717) is 11.6 Å². The van der Waals surface area contributed by atoms with Crippen molar-refractivity contribution in [3.63, 3.8) is 0 Å². The number of hydrogen-bond donors (Lipinski definition) is 1. The Balaban J connectivity index is 1.22. The zero-order chi connectivity index (χ0) is 29.4. The third-order valence-electron chi connectivity index (χ3n) is 8.24. The molecule has 1 amide bonds. The fourth-order valence-corrected chi connectivity index (χ4v) is 6.61. The van der Waals surface area contributed by atoms with E-state index in [1.807, 2.05) is 24.4 Å². The summed E-state index contributed by atoms with van der Waals surface area (Å²) in [5, 5.41) is 4.56. The number of amides is 1. The molecular formula is C35H36FN3O2S. The Labute approximate surface area is 249 Å². The Hall–Kier alpha value is -3.84. The van der Waals surface area contributed by atoms with Crippen molar-refractivity contribution in [3.8, 4) is 11.1 Å². The van der Waals surface area contributed by atoms with Crippen molar-refractivity contribution in [1.29, 1.82) is 0 Å². The number of Topliss-reactive ketones (excluding diaryl/α,β-unsaturated/α-hetero) is 1. The molecule has 5 aromatic rings. The average Bonchev–Trinajstić information content (AvgIpc) is 3.65. The first-order valence-corrected chi connectivity index (χ1v) is 15.8. The van der Waals surface area contributed by atoms with Crippen LogP contribution in [0, 0.1) is 11.7 Å². The number of thiazole rings is 1. The molecule has 3 aromatic carbocycles. The average molecular weight is 582 g/mol. The van der Waals surface area contributed by atoms with E-state index in [9.17, 15) is 14.0 Å². The predicted octanol–water partition coefficient (Wildman–Crippen LogP) is 9.14. The van der Waals surface area contributed by atoms with Crippen LogP contribution in [-0.4, -0.2) is 21.2 Å². The summed E-state index contributed by atoms with van der Waals surface area (Å²) in [5.74, 6) is 0.134. The molecule has 216 valence electrons. The van der Waals surface area contributed by atoms with Gasteiger partial charge in [0.2, 0.25) is 5.91 Å². The number of halogens is 1. The fourth-order valence-electron chi connectivity index (χ4n) is 5.70. The Morgan fingerprint density at radius 2 is 1.81 bits per heavy atom. The second-order valence-electron chi connectivity index (χ2n) is 11.6. The molecule has 0 radical (unpaired) electrons. The van der Waals surface area contributed by atoms with Crippen molar-refractivity contribution < 1.29 is 14.0 Å². The van der Waals surface area contributed by atoms with Crippen molar-refractivity contribution in [2.45, 2.75) is 71.8 Å². The summed E-state index contributed by atoms with van der Waals surface area (Å²) < 4.78 is 17.0. The van der Waals surface area contributed by atoms with Crippen molar-refractivity contribution >= 4 is 49.3 Å². The van der Waals surface area contributed by atoms with Gasteiger partial charge in [-0.3, -0.25) is 9.59 Å². The summed E-state index contributed by atoms with van der Waals surface area (Å²) in [7, 11) is 0. The Morgan fingerprint density at radius 1 is 1.02 bits per heavy atom. The lowest BCUT2D eigenvalue weighted by Crippen LogP contribution is -2.12. The fraction of sp³-hybridized carbons (Fsp3) is 0.343. The molecule has 1 saturated carbocycles. The van der Waals surface area contributed by atoms with Crippen LogP contribution in [0.4, 0.5) is 9.52 Å². The third kappa shape index (κ3) is 5.88. The number of nitrogens with one attached hydrogen (secondary N) is 1. The highest BCUT2D eigenvalue weighted by molar-refractivity contribution is 7.22. The van der Waals surface area contributed by atoms with Gasteiger partial charge in [-0.25, -0.2) is 9.37 Å². The minimum Gasteiger partial charge on any atom is -0.344 e. The first-order chi connectivity index (χ1) is 20.3. The predicted molar refractivity (Wildman–Crippen MR) is 170 cm³/mol. The summed E-state index contributed by atoms with van der Waals surface area (Å²) in [6.45, 7) is 6.34. The van der Waals surface area contributed by atoms with E-state index < -0.39 is 0 Å². The Bertz CT molecular complexity index is 1800. The van der Waals surface area contributed by atoms with Crippen molar-refractivity contribution in [3.05, 3.63) is 83.3 Å². The number of rotatable bonds is 11. The number of hydrogen-bond acceptors (Lipinski definition) is 4. The molecule has 0 atom stereocenters. The van der Waals surface area contributed by atoms with Gasteiger partial charge in [0.15, 0.2) is 10.9 Å². The van der Waals surface area contributed by atoms with E-state index in [1.165, 1.54) is 23.0 Å². The van der Waals surface area contributed by atoms with Crippen LogP contribution in [-0.2, 0) is 17.6 Å². The van der Waals surface area contributed by atoms with Crippen LogP contribution < -0.4 is 5.32 Å². The minimum absolute atomic E-state index is 0.0614. The Kier molecular flexibility index (Phi) is 7.95. The molecule has 0 aliphatic heterocycles. The van der Waals surface area contributed by atoms with Crippen LogP contribution in [0.1, 0.15) is 80.4 Å². The van der Waals surface area contributed by atoms with Crippen LogP contribution in [0.15, 0.2) is 60.8 Å². The van der Waals surface area contributed by atoms with Crippen molar-refractivity contribution in [2.24, 2.45) is 5.92 Å². The molecule has 2 aromatic heterocycles. The number of carbonyl (C=O) groups excluding carboxylic acids is 2. The number of benzene rings is 3. The molecule has 0 saturated heterocycles. The molecule has 7 heteroatoms. The van der Waals surface area contributed by atoms with Gasteiger partial charge in [0.05, 0.1) is 10.2 Å². The topological polar surface area (TPSA) is 64.0 Å². The van der Waals surface area contributed by atoms with Gasteiger partial charge >= 0.3 is 0 Å². The first kappa shape index (κ1) is 28.3. The summed E-state index contributed by atoms with van der Waals surface area (Å²) >= 11 is 1.49. The first-order valence-electron chi connectivity index (χ1n) is 15.0. The lowest BCUT2D eigenvalue weighted by Gasteiger charge is -2.09. The zero-order valence-corrected chi connectivity index (χ0v) is 25.2. The molecule has 1 aliphatic rings. The number of aryl methyl sites for hydroxylation is 2. The van der Waals surface area contributed by atoms with Gasteiger partial charge in [0.25, 0.3) is 0 Å². The number of unbranched alkanes of at least 4 members (excludes halogenated alkanes) is 1. The molecule has 1 aliphatic carbocycles. The van der Waals surface area contributed by atoms with Gasteiger partial charge in [-0.1, -0.05) is 36.5 Å². The molecule has 0 spiro atoms. The van der Waals surface area contributed by atoms with Crippen LogP contribution in [0.2, 0.25) is 0 Å². The van der Waals surface area contributed by atoms with Crippen molar-refractivity contribution in [2.75, 3.05) is 5.32 Å². The number of carbonyl (C=O) groups is 2. The highest BCUT2D eigenvalue weighted by Crippen LogP contribution is 2.35. The van der Waals surface area contributed by atoms with Gasteiger partial charge in [-0.2, -0.15) is 0 Å². The molecule has 0 bridgehead atoms. The SMILES string of the molecule is CCc1ccc(F)cc1CCCCC(=O)c1cn(C(C)C)c2ccc(-c3ccc4nc(NC(=O)C5CC5)sc4c3)cc12. The van der Waals surface area contributed by atoms with Crippen molar-refractivity contribution in [1.82, 2.24) is 9.55 Å². The van der Waals surface area contributed by atoms with Gasteiger partial charge in [0, 0.05) is 41.0 Å². The maximum atomic E-state index is 13.8. The highest BCUT2D eigenvalue weighted by Gasteiger charge is 2.30. The van der Waals surface area contributed by atoms with Gasteiger partial charge < -0.3 is 9.88 Å². The second kappa shape index (κ2) is 11.8. The van der Waals surface area contributed by atoms with Gasteiger partial charge in [-0.15, -0.1) is 0 Å². The number of ketones is 1. The van der Waals surface area contributed by atoms with Crippen LogP contribution in [0.25, 0.3) is 32.2 Å². The summed E-state index contributed by atoms with van der Waals surface area (Å²) in [6.07, 6.45) is 7.63. The van der Waals surface area contributed by atoms with E-state index in [-0.39, 0.29) is 29.5 Å². The standard InChI is InChI=1S/C35H36FN3O2S/c1-4-22-11-14-27(36)17-24(22)7-5-6-8-32(40)29-20-39(21(2)3)31-16-13-25(18-28(29)31)26-12-15-30-33(19-26)42-35(37-30)38-34(41)23-9-10-23/h11-21,23H,4-10H2,1-3H3,(H,37,38,41). The summed E-state index contributed by atoms with van der Waals surface area (Å²) in [5.41, 5.74) is 6.97. The van der Waals surface area contributed by atoms with Crippen LogP contribution in [0.3, 0.4) is 0 Å². The maximum Gasteiger partial charge on any atom is 0.229 e. The van der Waals surface area contributed by atoms with Crippen LogP contribution >= 0.6 is 11.3 Å². The van der Waals surface area contributed by atoms with E-state index in [4.69, 9.17) is 0 Å². The van der Waals surface area contributed by atoms with E-state index in [2.05, 4.69) is 59.9 Å². The van der Waals surface area contributed by atoms with Gasteiger partial charge in [0.1, 0.15) is 5.82 Å². The Morgan fingerprint density at radius 3 is 2.57 bits per heavy atom. The van der Waals surface area contributed by atoms with E-state index >= 15 is 0 Å². The largest absolute Gasteiger partial charge is 0.344 e. The smallest absolute Gasteiger partial charge is 0.229 e. The molecule has 5 nitrogen and oxygen atoms in total. The van der Waals surface area contributed by atoms with Gasteiger partial charge in [-0.05, 0) is 111 Å². The highest BCUT2D eigenvalue weighted by atomic mass is 32.1.